The van der Waals surface area contributed by atoms with Gasteiger partial charge in [0.2, 0.25) is 11.7 Å². The third-order valence-electron chi connectivity index (χ3n) is 3.48. The maximum Gasteiger partial charge on any atom is 0.289 e. The summed E-state index contributed by atoms with van der Waals surface area (Å²) in [4.78, 5) is 37.3. The van der Waals surface area contributed by atoms with Crippen molar-refractivity contribution in [3.63, 3.8) is 0 Å². The number of carbonyl (C=O) groups is 3. The molecule has 1 atom stereocenters. The second-order valence-corrected chi connectivity index (χ2v) is 4.97. The van der Waals surface area contributed by atoms with Crippen LogP contribution in [0.5, 0.6) is 0 Å². The highest BCUT2D eigenvalue weighted by Crippen LogP contribution is 2.22. The van der Waals surface area contributed by atoms with Crippen LogP contribution in [0.4, 0.5) is 0 Å². The molecule has 22 heavy (non-hydrogen) atoms. The van der Waals surface area contributed by atoms with Crippen molar-refractivity contribution < 1.29 is 14.4 Å². The summed E-state index contributed by atoms with van der Waals surface area (Å²) >= 11 is 0. The zero-order valence-electron chi connectivity index (χ0n) is 12.2. The molecule has 0 aromatic heterocycles. The molecule has 1 aromatic carbocycles. The number of nitrogens with one attached hydrogen (secondary N) is 1. The first kappa shape index (κ1) is 18.1. The second kappa shape index (κ2) is 8.51. The van der Waals surface area contributed by atoms with E-state index in [-0.39, 0.29) is 31.4 Å². The number of rotatable bonds is 6. The van der Waals surface area contributed by atoms with Crippen LogP contribution in [-0.2, 0) is 20.9 Å². The third kappa shape index (κ3) is 4.29. The summed E-state index contributed by atoms with van der Waals surface area (Å²) in [6.45, 7) is 0.876. The van der Waals surface area contributed by atoms with Crippen LogP contribution < -0.4 is 11.1 Å². The minimum absolute atomic E-state index is 0. The highest BCUT2D eigenvalue weighted by Gasteiger charge is 2.38. The lowest BCUT2D eigenvalue weighted by Gasteiger charge is -2.23. The Bertz CT molecular complexity index is 536. The fourth-order valence-electron chi connectivity index (χ4n) is 2.41. The lowest BCUT2D eigenvalue weighted by molar-refractivity contribution is -0.143. The summed E-state index contributed by atoms with van der Waals surface area (Å²) in [7, 11) is 0. The van der Waals surface area contributed by atoms with Crippen molar-refractivity contribution in [3.05, 3.63) is 35.9 Å². The fourth-order valence-corrected chi connectivity index (χ4v) is 2.41. The Morgan fingerprint density at radius 3 is 2.59 bits per heavy atom. The van der Waals surface area contributed by atoms with Crippen LogP contribution in [0.25, 0.3) is 0 Å². The summed E-state index contributed by atoms with van der Waals surface area (Å²) < 4.78 is 0. The summed E-state index contributed by atoms with van der Waals surface area (Å²) in [6.07, 6.45) is 0.688. The summed E-state index contributed by atoms with van der Waals surface area (Å²) in [5, 5.41) is 2.46. The number of carbonyl (C=O) groups excluding carboxylic acids is 3. The number of nitrogens with zero attached hydrogens (tertiary/aromatic N) is 1. The number of Topliss-reactive ketones (excluding diaryl/α,β-unsaturated/α-hetero) is 1. The molecule has 0 bridgehead atoms. The maximum atomic E-state index is 12.2. The van der Waals surface area contributed by atoms with Crippen LogP contribution in [0.2, 0.25) is 0 Å². The van der Waals surface area contributed by atoms with Gasteiger partial charge < -0.3 is 16.0 Å². The van der Waals surface area contributed by atoms with Gasteiger partial charge in [0.05, 0.1) is 0 Å². The van der Waals surface area contributed by atoms with Gasteiger partial charge in [0.25, 0.3) is 5.91 Å². The van der Waals surface area contributed by atoms with Gasteiger partial charge in [-0.3, -0.25) is 14.4 Å². The molecule has 0 radical (unpaired) electrons. The average Bonchev–Trinajstić information content (AvgIpc) is 2.86. The third-order valence-corrected chi connectivity index (χ3v) is 3.48. The highest BCUT2D eigenvalue weighted by molar-refractivity contribution is 6.38. The number of hydrogen-bond acceptors (Lipinski definition) is 4. The van der Waals surface area contributed by atoms with Crippen LogP contribution in [0.1, 0.15) is 18.4 Å². The van der Waals surface area contributed by atoms with Gasteiger partial charge in [-0.1, -0.05) is 30.3 Å². The Morgan fingerprint density at radius 1 is 1.27 bits per heavy atom. The van der Waals surface area contributed by atoms with Gasteiger partial charge in [0.1, 0.15) is 6.04 Å². The molecule has 1 aliphatic rings. The predicted octanol–water partition coefficient (Wildman–Crippen LogP) is 0.243. The monoisotopic (exact) mass is 325 g/mol. The van der Waals surface area contributed by atoms with E-state index in [0.717, 1.165) is 5.56 Å². The molecule has 0 unspecified atom stereocenters. The zero-order valence-corrected chi connectivity index (χ0v) is 13.0. The number of likely N-dealkylation sites (tertiary alicyclic amines) is 1. The smallest absolute Gasteiger partial charge is 0.289 e. The van der Waals surface area contributed by atoms with E-state index in [4.69, 9.17) is 5.73 Å². The minimum atomic E-state index is -0.671. The second-order valence-electron chi connectivity index (χ2n) is 4.97. The molecular formula is C15H20ClN3O3. The van der Waals surface area contributed by atoms with E-state index in [9.17, 15) is 14.4 Å². The quantitative estimate of drug-likeness (QED) is 0.733. The summed E-state index contributed by atoms with van der Waals surface area (Å²) in [5.74, 6) is -1.33. The van der Waals surface area contributed by atoms with Crippen molar-refractivity contribution in [3.8, 4) is 0 Å². The molecule has 1 fully saturated rings. The molecule has 120 valence electrons. The molecule has 1 aliphatic heterocycles. The van der Waals surface area contributed by atoms with E-state index in [1.54, 1.807) is 0 Å². The Morgan fingerprint density at radius 2 is 1.95 bits per heavy atom. The molecule has 0 aliphatic carbocycles. The van der Waals surface area contributed by atoms with Gasteiger partial charge in [0, 0.05) is 26.1 Å². The molecule has 0 spiro atoms. The number of halogens is 1. The molecule has 0 saturated carbocycles. The van der Waals surface area contributed by atoms with Crippen LogP contribution in [-0.4, -0.2) is 41.6 Å². The van der Waals surface area contributed by atoms with Gasteiger partial charge in [-0.05, 0) is 12.0 Å². The van der Waals surface area contributed by atoms with Crippen molar-refractivity contribution in [2.75, 3.05) is 13.1 Å². The summed E-state index contributed by atoms with van der Waals surface area (Å²) in [5.41, 5.74) is 6.23. The fraction of sp³-hybridized carbons (Fsp3) is 0.400. The maximum absolute atomic E-state index is 12.2. The van der Waals surface area contributed by atoms with Gasteiger partial charge >= 0.3 is 0 Å². The van der Waals surface area contributed by atoms with E-state index < -0.39 is 17.7 Å². The van der Waals surface area contributed by atoms with Gasteiger partial charge in [-0.15, -0.1) is 12.4 Å². The van der Waals surface area contributed by atoms with E-state index in [2.05, 4.69) is 5.32 Å². The minimum Gasteiger partial charge on any atom is -0.348 e. The van der Waals surface area contributed by atoms with Gasteiger partial charge in [0.15, 0.2) is 0 Å². The molecular weight excluding hydrogens is 306 g/mol. The van der Waals surface area contributed by atoms with Crippen molar-refractivity contribution in [1.82, 2.24) is 10.2 Å². The van der Waals surface area contributed by atoms with Crippen LogP contribution in [0, 0.1) is 0 Å². The molecule has 7 heteroatoms. The first-order valence-electron chi connectivity index (χ1n) is 6.99. The number of nitrogens with two attached hydrogens (primary N) is 1. The van der Waals surface area contributed by atoms with E-state index in [1.807, 2.05) is 30.3 Å². The molecule has 1 saturated heterocycles. The van der Waals surface area contributed by atoms with E-state index in [1.165, 1.54) is 4.90 Å². The number of ketones is 1. The Balaban J connectivity index is 0.00000242. The molecule has 3 N–H and O–H groups in total. The number of amides is 2. The molecule has 1 heterocycles. The van der Waals surface area contributed by atoms with Gasteiger partial charge in [-0.25, -0.2) is 0 Å². The first-order valence-corrected chi connectivity index (χ1v) is 6.99. The van der Waals surface area contributed by atoms with Crippen LogP contribution in [0.15, 0.2) is 30.3 Å². The SMILES string of the molecule is Cl.NCCNC(=O)C(=O)[C@H]1CCC(=O)N1Cc1ccccc1. The van der Waals surface area contributed by atoms with Crippen LogP contribution in [0.3, 0.4) is 0 Å². The Hall–Kier alpha value is -1.92. The zero-order chi connectivity index (χ0) is 15.2. The Kier molecular flexibility index (Phi) is 7.01. The van der Waals surface area contributed by atoms with Crippen molar-refractivity contribution >= 4 is 30.0 Å². The van der Waals surface area contributed by atoms with Crippen molar-refractivity contribution in [1.29, 1.82) is 0 Å². The van der Waals surface area contributed by atoms with Crippen LogP contribution >= 0.6 is 12.4 Å². The predicted molar refractivity (Wildman–Crippen MR) is 84.3 cm³/mol. The summed E-state index contributed by atoms with van der Waals surface area (Å²) in [6, 6.07) is 8.75. The molecule has 2 rings (SSSR count). The normalized spacial score (nSPS) is 17.0. The first-order chi connectivity index (χ1) is 10.1. The van der Waals surface area contributed by atoms with Crippen molar-refractivity contribution in [2.24, 2.45) is 5.73 Å². The Labute approximate surface area is 135 Å². The number of benzene rings is 1. The average molecular weight is 326 g/mol. The standard InChI is InChI=1S/C15H19N3O3.ClH/c16-8-9-17-15(21)14(20)12-6-7-13(19)18(12)10-11-4-2-1-3-5-11;/h1-5,12H,6-10,16H2,(H,17,21);1H/t12-;/m1./s1. The molecule has 1 aromatic rings. The molecule has 6 nitrogen and oxygen atoms in total. The largest absolute Gasteiger partial charge is 0.348 e. The topological polar surface area (TPSA) is 92.5 Å². The lowest BCUT2D eigenvalue weighted by atomic mass is 10.1. The number of hydrogen-bond donors (Lipinski definition) is 2. The van der Waals surface area contributed by atoms with E-state index in [0.29, 0.717) is 19.4 Å². The molecule has 2 amide bonds. The lowest BCUT2D eigenvalue weighted by Crippen LogP contribution is -2.46. The van der Waals surface area contributed by atoms with Crippen molar-refractivity contribution in [2.45, 2.75) is 25.4 Å². The van der Waals surface area contributed by atoms with Gasteiger partial charge in [-0.2, -0.15) is 0 Å². The van der Waals surface area contributed by atoms with E-state index >= 15 is 0 Å². The highest BCUT2D eigenvalue weighted by atomic mass is 35.5.